The molecule has 3 nitrogen and oxygen atoms in total. The lowest BCUT2D eigenvalue weighted by molar-refractivity contribution is 0.759. The molecule has 0 aromatic rings. The summed E-state index contributed by atoms with van der Waals surface area (Å²) in [5.41, 5.74) is 5.50. The fourth-order valence-electron chi connectivity index (χ4n) is 0.499. The van der Waals surface area contributed by atoms with E-state index in [0.717, 1.165) is 13.0 Å². The van der Waals surface area contributed by atoms with Gasteiger partial charge in [0.25, 0.3) is 0 Å². The van der Waals surface area contributed by atoms with Crippen molar-refractivity contribution in [2.75, 3.05) is 6.54 Å². The third-order valence-electron chi connectivity index (χ3n) is 0.984. The van der Waals surface area contributed by atoms with Gasteiger partial charge >= 0.3 is 0 Å². The highest BCUT2D eigenvalue weighted by Gasteiger charge is 1.82. The third kappa shape index (κ3) is 6.64. The van der Waals surface area contributed by atoms with Crippen LogP contribution < -0.4 is 11.1 Å². The first-order valence-corrected chi connectivity index (χ1v) is 3.65. The van der Waals surface area contributed by atoms with Crippen LogP contribution in [-0.2, 0) is 0 Å². The maximum absolute atomic E-state index is 5.50. The van der Waals surface area contributed by atoms with E-state index in [1.54, 1.807) is 18.5 Å². The Morgan fingerprint density at radius 1 is 1.73 bits per heavy atom. The highest BCUT2D eigenvalue weighted by molar-refractivity contribution is 5.70. The van der Waals surface area contributed by atoms with E-state index in [0.29, 0.717) is 5.82 Å². The van der Waals surface area contributed by atoms with Gasteiger partial charge in [0.05, 0.1) is 6.20 Å². The average molecular weight is 153 g/mol. The molecule has 0 amide bonds. The monoisotopic (exact) mass is 153 g/mol. The molecule has 3 N–H and O–H groups in total. The molecule has 0 aromatic carbocycles. The molecule has 0 aliphatic carbocycles. The van der Waals surface area contributed by atoms with E-state index in [1.165, 1.54) is 0 Å². The molecule has 0 unspecified atom stereocenters. The van der Waals surface area contributed by atoms with Crippen LogP contribution in [0.4, 0.5) is 0 Å². The van der Waals surface area contributed by atoms with Crippen LogP contribution in [0.15, 0.2) is 29.7 Å². The summed E-state index contributed by atoms with van der Waals surface area (Å²) in [4.78, 5) is 3.85. The maximum atomic E-state index is 5.50. The first-order chi connectivity index (χ1) is 5.31. The summed E-state index contributed by atoms with van der Waals surface area (Å²) >= 11 is 0. The van der Waals surface area contributed by atoms with E-state index >= 15 is 0 Å². The van der Waals surface area contributed by atoms with Crippen LogP contribution in [0.3, 0.4) is 0 Å². The van der Waals surface area contributed by atoms with Crippen molar-refractivity contribution in [1.29, 1.82) is 0 Å². The van der Waals surface area contributed by atoms with Crippen LogP contribution in [0.1, 0.15) is 13.3 Å². The normalized spacial score (nSPS) is 11.9. The molecule has 0 spiro atoms. The van der Waals surface area contributed by atoms with Crippen molar-refractivity contribution in [1.82, 2.24) is 5.32 Å². The molecule has 0 bridgehead atoms. The zero-order chi connectivity index (χ0) is 8.53. The minimum absolute atomic E-state index is 0.588. The number of nitrogens with two attached hydrogens (primary N) is 1. The highest BCUT2D eigenvalue weighted by atomic mass is 15.0. The van der Waals surface area contributed by atoms with Crippen molar-refractivity contribution in [3.05, 3.63) is 24.7 Å². The fourth-order valence-corrected chi connectivity index (χ4v) is 0.499. The SMILES string of the molecule is C=CC=N/C=C(\N)NCCC. The van der Waals surface area contributed by atoms with E-state index in [4.69, 9.17) is 5.73 Å². The largest absolute Gasteiger partial charge is 0.384 e. The Kier molecular flexibility index (Phi) is 6.08. The predicted molar refractivity (Wildman–Crippen MR) is 49.3 cm³/mol. The second-order valence-corrected chi connectivity index (χ2v) is 2.05. The van der Waals surface area contributed by atoms with Crippen molar-refractivity contribution < 1.29 is 0 Å². The van der Waals surface area contributed by atoms with Gasteiger partial charge < -0.3 is 11.1 Å². The van der Waals surface area contributed by atoms with Crippen molar-refractivity contribution >= 4 is 6.21 Å². The van der Waals surface area contributed by atoms with Gasteiger partial charge in [-0.2, -0.15) is 0 Å². The van der Waals surface area contributed by atoms with Crippen LogP contribution in [0, 0.1) is 0 Å². The number of allylic oxidation sites excluding steroid dienone is 1. The maximum Gasteiger partial charge on any atom is 0.115 e. The molecule has 0 rings (SSSR count). The van der Waals surface area contributed by atoms with E-state index in [2.05, 4.69) is 23.8 Å². The van der Waals surface area contributed by atoms with Crippen molar-refractivity contribution in [2.24, 2.45) is 10.7 Å². The van der Waals surface area contributed by atoms with Gasteiger partial charge in [-0.15, -0.1) is 0 Å². The summed E-state index contributed by atoms with van der Waals surface area (Å²) in [5.74, 6) is 0.588. The van der Waals surface area contributed by atoms with Gasteiger partial charge in [0.2, 0.25) is 0 Å². The van der Waals surface area contributed by atoms with Gasteiger partial charge in [-0.05, 0) is 6.42 Å². The van der Waals surface area contributed by atoms with Crippen molar-refractivity contribution in [3.8, 4) is 0 Å². The first-order valence-electron chi connectivity index (χ1n) is 3.65. The highest BCUT2D eigenvalue weighted by Crippen LogP contribution is 1.79. The van der Waals surface area contributed by atoms with Gasteiger partial charge in [0, 0.05) is 12.8 Å². The van der Waals surface area contributed by atoms with Crippen LogP contribution in [0.25, 0.3) is 0 Å². The third-order valence-corrected chi connectivity index (χ3v) is 0.984. The van der Waals surface area contributed by atoms with Crippen LogP contribution in [-0.4, -0.2) is 12.8 Å². The molecule has 0 aromatic heterocycles. The second-order valence-electron chi connectivity index (χ2n) is 2.05. The fraction of sp³-hybridized carbons (Fsp3) is 0.375. The van der Waals surface area contributed by atoms with Crippen LogP contribution in [0.2, 0.25) is 0 Å². The van der Waals surface area contributed by atoms with Gasteiger partial charge in [-0.25, -0.2) is 0 Å². The van der Waals surface area contributed by atoms with E-state index in [-0.39, 0.29) is 0 Å². The van der Waals surface area contributed by atoms with Gasteiger partial charge in [-0.1, -0.05) is 19.6 Å². The zero-order valence-electron chi connectivity index (χ0n) is 6.88. The number of rotatable bonds is 5. The Hall–Kier alpha value is -1.25. The van der Waals surface area contributed by atoms with Crippen molar-refractivity contribution in [2.45, 2.75) is 13.3 Å². The molecule has 0 aliphatic heterocycles. The summed E-state index contributed by atoms with van der Waals surface area (Å²) in [6.07, 6.45) is 5.81. The van der Waals surface area contributed by atoms with Crippen LogP contribution >= 0.6 is 0 Å². The molecule has 0 saturated heterocycles. The summed E-state index contributed by atoms with van der Waals surface area (Å²) in [7, 11) is 0. The standard InChI is InChI=1S/C8H15N3/c1-3-5-10-7-8(9)11-6-4-2/h3,5,7,11H,1,4,6,9H2,2H3/b8-7+,10-5?. The van der Waals surface area contributed by atoms with Crippen molar-refractivity contribution in [3.63, 3.8) is 0 Å². The van der Waals surface area contributed by atoms with Gasteiger partial charge in [0.1, 0.15) is 5.82 Å². The molecule has 11 heavy (non-hydrogen) atoms. The Labute approximate surface area is 67.7 Å². The van der Waals surface area contributed by atoms with Gasteiger partial charge in [0.15, 0.2) is 0 Å². The Bertz CT molecular complexity index is 159. The lowest BCUT2D eigenvalue weighted by atomic mass is 10.5. The second kappa shape index (κ2) is 6.86. The smallest absolute Gasteiger partial charge is 0.115 e. The Morgan fingerprint density at radius 3 is 3.00 bits per heavy atom. The van der Waals surface area contributed by atoms with E-state index in [1.807, 2.05) is 0 Å². The number of nitrogens with zero attached hydrogens (tertiary/aromatic N) is 1. The summed E-state index contributed by atoms with van der Waals surface area (Å²) in [6.45, 7) is 6.44. The first kappa shape index (κ1) is 9.75. The molecular weight excluding hydrogens is 138 g/mol. The summed E-state index contributed by atoms with van der Waals surface area (Å²) in [5, 5.41) is 2.98. The molecule has 0 heterocycles. The van der Waals surface area contributed by atoms with E-state index < -0.39 is 0 Å². The Morgan fingerprint density at radius 2 is 2.45 bits per heavy atom. The van der Waals surface area contributed by atoms with E-state index in [9.17, 15) is 0 Å². The molecule has 0 radical (unpaired) electrons. The molecule has 0 fully saturated rings. The zero-order valence-corrected chi connectivity index (χ0v) is 6.88. The Balaban J connectivity index is 3.61. The molecule has 0 saturated carbocycles. The molecular formula is C8H15N3. The van der Waals surface area contributed by atoms with Crippen LogP contribution in [0.5, 0.6) is 0 Å². The molecule has 62 valence electrons. The lowest BCUT2D eigenvalue weighted by Crippen LogP contribution is -2.20. The number of hydrogen-bond donors (Lipinski definition) is 2. The van der Waals surface area contributed by atoms with Gasteiger partial charge in [-0.3, -0.25) is 4.99 Å². The number of hydrogen-bond acceptors (Lipinski definition) is 3. The topological polar surface area (TPSA) is 50.4 Å². The molecule has 3 heteroatoms. The minimum atomic E-state index is 0.588. The average Bonchev–Trinajstić information content (AvgIpc) is 2.01. The number of nitrogens with one attached hydrogen (secondary N) is 1. The minimum Gasteiger partial charge on any atom is -0.384 e. The summed E-state index contributed by atoms with van der Waals surface area (Å²) < 4.78 is 0. The molecule has 0 atom stereocenters. The number of aliphatic imine (C=N–C) groups is 1. The predicted octanol–water partition coefficient (Wildman–Crippen LogP) is 1.00. The summed E-state index contributed by atoms with van der Waals surface area (Å²) in [6, 6.07) is 0. The lowest BCUT2D eigenvalue weighted by Gasteiger charge is -2.00. The molecule has 0 aliphatic rings. The quantitative estimate of drug-likeness (QED) is 0.579.